The summed E-state index contributed by atoms with van der Waals surface area (Å²) in [4.78, 5) is 2.53. The molecule has 1 aliphatic rings. The minimum Gasteiger partial charge on any atom is -0.313 e. The number of nitrogens with zero attached hydrogens (tertiary/aromatic N) is 1. The first kappa shape index (κ1) is 17.1. The Morgan fingerprint density at radius 2 is 2.05 bits per heavy atom. The summed E-state index contributed by atoms with van der Waals surface area (Å²) in [5.41, 5.74) is 1.13. The Balaban J connectivity index is 2.15. The third-order valence-electron chi connectivity index (χ3n) is 4.20. The zero-order valence-corrected chi connectivity index (χ0v) is 14.7. The molecule has 0 saturated carbocycles. The summed E-state index contributed by atoms with van der Waals surface area (Å²) < 4.78 is 0. The SMILES string of the molecule is CC(C)CN(CC1CCCN1)C(C)c1cccc(Cl)c1Cl. The second kappa shape index (κ2) is 7.82. The van der Waals surface area contributed by atoms with E-state index in [2.05, 4.69) is 37.1 Å². The number of rotatable bonds is 6. The predicted octanol–water partition coefficient (Wildman–Crippen LogP) is 4.76. The summed E-state index contributed by atoms with van der Waals surface area (Å²) in [6.45, 7) is 10.1. The summed E-state index contributed by atoms with van der Waals surface area (Å²) in [6.07, 6.45) is 2.55. The van der Waals surface area contributed by atoms with Crippen LogP contribution in [-0.2, 0) is 0 Å². The van der Waals surface area contributed by atoms with Crippen LogP contribution in [0.1, 0.15) is 45.2 Å². The van der Waals surface area contributed by atoms with Crippen LogP contribution in [0.5, 0.6) is 0 Å². The molecule has 118 valence electrons. The quantitative estimate of drug-likeness (QED) is 0.809. The zero-order valence-electron chi connectivity index (χ0n) is 13.2. The highest BCUT2D eigenvalue weighted by Gasteiger charge is 2.24. The van der Waals surface area contributed by atoms with Crippen LogP contribution >= 0.6 is 23.2 Å². The van der Waals surface area contributed by atoms with Gasteiger partial charge in [0.25, 0.3) is 0 Å². The Morgan fingerprint density at radius 3 is 2.67 bits per heavy atom. The number of halogens is 2. The second-order valence-corrected chi connectivity index (χ2v) is 7.25. The Bertz CT molecular complexity index is 456. The van der Waals surface area contributed by atoms with Crippen LogP contribution in [0.15, 0.2) is 18.2 Å². The molecular weight excluding hydrogens is 303 g/mol. The largest absolute Gasteiger partial charge is 0.313 e. The molecule has 0 amide bonds. The van der Waals surface area contributed by atoms with Crippen molar-refractivity contribution in [2.45, 2.75) is 45.7 Å². The van der Waals surface area contributed by atoms with Gasteiger partial charge in [0.1, 0.15) is 0 Å². The lowest BCUT2D eigenvalue weighted by Gasteiger charge is -2.33. The van der Waals surface area contributed by atoms with E-state index in [4.69, 9.17) is 23.2 Å². The van der Waals surface area contributed by atoms with Crippen LogP contribution in [0.25, 0.3) is 0 Å². The number of hydrogen-bond donors (Lipinski definition) is 1. The fourth-order valence-electron chi connectivity index (χ4n) is 3.10. The maximum Gasteiger partial charge on any atom is 0.0640 e. The van der Waals surface area contributed by atoms with Crippen LogP contribution in [0.4, 0.5) is 0 Å². The molecular formula is C17H26Cl2N2. The molecule has 1 aromatic rings. The van der Waals surface area contributed by atoms with Gasteiger partial charge in [-0.1, -0.05) is 49.2 Å². The van der Waals surface area contributed by atoms with Crippen molar-refractivity contribution in [3.05, 3.63) is 33.8 Å². The highest BCUT2D eigenvalue weighted by molar-refractivity contribution is 6.42. The standard InChI is InChI=1S/C17H26Cl2N2/c1-12(2)10-21(11-14-6-5-9-20-14)13(3)15-7-4-8-16(18)17(15)19/h4,7-8,12-14,20H,5-6,9-11H2,1-3H3. The smallest absolute Gasteiger partial charge is 0.0640 e. The summed E-state index contributed by atoms with van der Waals surface area (Å²) in [5.74, 6) is 0.631. The first-order valence-electron chi connectivity index (χ1n) is 7.90. The van der Waals surface area contributed by atoms with Crippen molar-refractivity contribution >= 4 is 23.2 Å². The average Bonchev–Trinajstić information content (AvgIpc) is 2.93. The van der Waals surface area contributed by atoms with E-state index in [-0.39, 0.29) is 6.04 Å². The Labute approximate surface area is 138 Å². The van der Waals surface area contributed by atoms with Gasteiger partial charge in [0, 0.05) is 25.2 Å². The molecule has 1 fully saturated rings. The molecule has 1 heterocycles. The normalized spacial score (nSPS) is 20.4. The Hall–Kier alpha value is -0.280. The minimum atomic E-state index is 0.279. The molecule has 0 bridgehead atoms. The Kier molecular flexibility index (Phi) is 6.36. The van der Waals surface area contributed by atoms with Crippen molar-refractivity contribution in [1.29, 1.82) is 0 Å². The van der Waals surface area contributed by atoms with Crippen LogP contribution < -0.4 is 5.32 Å². The van der Waals surface area contributed by atoms with E-state index in [0.29, 0.717) is 22.0 Å². The molecule has 2 nitrogen and oxygen atoms in total. The van der Waals surface area contributed by atoms with Crippen molar-refractivity contribution in [1.82, 2.24) is 10.2 Å². The van der Waals surface area contributed by atoms with Crippen LogP contribution in [-0.4, -0.2) is 30.6 Å². The van der Waals surface area contributed by atoms with E-state index in [1.54, 1.807) is 0 Å². The highest BCUT2D eigenvalue weighted by atomic mass is 35.5. The maximum absolute atomic E-state index is 6.41. The van der Waals surface area contributed by atoms with Gasteiger partial charge in [-0.2, -0.15) is 0 Å². The van der Waals surface area contributed by atoms with Gasteiger partial charge in [0.05, 0.1) is 10.0 Å². The predicted molar refractivity (Wildman–Crippen MR) is 92.3 cm³/mol. The van der Waals surface area contributed by atoms with Crippen LogP contribution in [0.3, 0.4) is 0 Å². The van der Waals surface area contributed by atoms with E-state index >= 15 is 0 Å². The molecule has 0 aliphatic carbocycles. The fourth-order valence-corrected chi connectivity index (χ4v) is 3.56. The molecule has 2 rings (SSSR count). The van der Waals surface area contributed by atoms with Gasteiger partial charge >= 0.3 is 0 Å². The molecule has 0 spiro atoms. The van der Waals surface area contributed by atoms with Gasteiger partial charge in [0.2, 0.25) is 0 Å². The van der Waals surface area contributed by atoms with Crippen LogP contribution in [0, 0.1) is 5.92 Å². The van der Waals surface area contributed by atoms with Crippen molar-refractivity contribution in [3.63, 3.8) is 0 Å². The molecule has 0 aromatic heterocycles. The molecule has 1 saturated heterocycles. The molecule has 1 aromatic carbocycles. The van der Waals surface area contributed by atoms with Crippen molar-refractivity contribution in [2.24, 2.45) is 5.92 Å². The molecule has 21 heavy (non-hydrogen) atoms. The van der Waals surface area contributed by atoms with Gasteiger partial charge in [0.15, 0.2) is 0 Å². The van der Waals surface area contributed by atoms with Crippen LogP contribution in [0.2, 0.25) is 10.0 Å². The van der Waals surface area contributed by atoms with Crippen molar-refractivity contribution in [2.75, 3.05) is 19.6 Å². The topological polar surface area (TPSA) is 15.3 Å². The lowest BCUT2D eigenvalue weighted by Crippen LogP contribution is -2.40. The summed E-state index contributed by atoms with van der Waals surface area (Å²) in [5, 5.41) is 4.93. The van der Waals surface area contributed by atoms with E-state index in [1.165, 1.54) is 12.8 Å². The van der Waals surface area contributed by atoms with Gasteiger partial charge in [-0.25, -0.2) is 0 Å². The van der Waals surface area contributed by atoms with E-state index in [1.807, 2.05) is 12.1 Å². The highest BCUT2D eigenvalue weighted by Crippen LogP contribution is 2.33. The molecule has 2 atom stereocenters. The third kappa shape index (κ3) is 4.59. The molecule has 1 aliphatic heterocycles. The molecule has 4 heteroatoms. The maximum atomic E-state index is 6.41. The van der Waals surface area contributed by atoms with Gasteiger partial charge in [-0.3, -0.25) is 4.90 Å². The summed E-state index contributed by atoms with van der Waals surface area (Å²) >= 11 is 12.6. The van der Waals surface area contributed by atoms with E-state index in [9.17, 15) is 0 Å². The number of hydrogen-bond acceptors (Lipinski definition) is 2. The van der Waals surface area contributed by atoms with Crippen molar-refractivity contribution in [3.8, 4) is 0 Å². The van der Waals surface area contributed by atoms with Crippen molar-refractivity contribution < 1.29 is 0 Å². The summed E-state index contributed by atoms with van der Waals surface area (Å²) in [6, 6.07) is 6.81. The zero-order chi connectivity index (χ0) is 15.4. The first-order chi connectivity index (χ1) is 9.99. The fraction of sp³-hybridized carbons (Fsp3) is 0.647. The second-order valence-electron chi connectivity index (χ2n) is 6.46. The summed E-state index contributed by atoms with van der Waals surface area (Å²) in [7, 11) is 0. The lowest BCUT2D eigenvalue weighted by atomic mass is 10.0. The minimum absolute atomic E-state index is 0.279. The molecule has 0 radical (unpaired) electrons. The molecule has 1 N–H and O–H groups in total. The molecule has 2 unspecified atom stereocenters. The lowest BCUT2D eigenvalue weighted by molar-refractivity contribution is 0.171. The van der Waals surface area contributed by atoms with E-state index in [0.717, 1.165) is 25.2 Å². The number of benzene rings is 1. The number of nitrogens with one attached hydrogen (secondary N) is 1. The third-order valence-corrected chi connectivity index (χ3v) is 5.03. The Morgan fingerprint density at radius 1 is 1.29 bits per heavy atom. The van der Waals surface area contributed by atoms with Gasteiger partial charge < -0.3 is 5.32 Å². The van der Waals surface area contributed by atoms with Gasteiger partial charge in [-0.05, 0) is 43.9 Å². The average molecular weight is 329 g/mol. The monoisotopic (exact) mass is 328 g/mol. The van der Waals surface area contributed by atoms with E-state index < -0.39 is 0 Å². The van der Waals surface area contributed by atoms with Gasteiger partial charge in [-0.15, -0.1) is 0 Å². The first-order valence-corrected chi connectivity index (χ1v) is 8.66.